The number of hydrogen-bond acceptors (Lipinski definition) is 3. The maximum absolute atomic E-state index is 14.0. The lowest BCUT2D eigenvalue weighted by atomic mass is 10.1. The first-order valence-electron chi connectivity index (χ1n) is 8.42. The van der Waals surface area contributed by atoms with E-state index in [-0.39, 0.29) is 11.7 Å². The molecule has 5 nitrogen and oxygen atoms in total. The normalized spacial score (nSPS) is 12.5. The summed E-state index contributed by atoms with van der Waals surface area (Å²) in [6, 6.07) is 9.82. The minimum Gasteiger partial charge on any atom is -0.348 e. The van der Waals surface area contributed by atoms with Gasteiger partial charge < -0.3 is 5.32 Å². The van der Waals surface area contributed by atoms with E-state index >= 15 is 0 Å². The topological polar surface area (TPSA) is 66.5 Å². The van der Waals surface area contributed by atoms with Crippen LogP contribution in [0.3, 0.4) is 0 Å². The number of hydrogen-bond donors (Lipinski definition) is 1. The largest absolute Gasteiger partial charge is 0.348 e. The molecule has 27 heavy (non-hydrogen) atoms. The molecule has 2 aromatic carbocycles. The fourth-order valence-corrected chi connectivity index (χ4v) is 3.46. The van der Waals surface area contributed by atoms with Crippen molar-refractivity contribution in [1.82, 2.24) is 5.32 Å². The number of sulfonamides is 1. The summed E-state index contributed by atoms with van der Waals surface area (Å²) in [4.78, 5) is 12.3. The van der Waals surface area contributed by atoms with Gasteiger partial charge in [0.2, 0.25) is 15.9 Å². The third-order valence-corrected chi connectivity index (χ3v) is 5.26. The average Bonchev–Trinajstić information content (AvgIpc) is 2.59. The van der Waals surface area contributed by atoms with Gasteiger partial charge in [-0.15, -0.1) is 0 Å². The highest BCUT2D eigenvalue weighted by Gasteiger charge is 2.24. The molecule has 0 heterocycles. The van der Waals surface area contributed by atoms with E-state index < -0.39 is 34.1 Å². The minimum atomic E-state index is -3.95. The molecule has 0 aliphatic carbocycles. The van der Waals surface area contributed by atoms with E-state index in [0.29, 0.717) is 10.4 Å². The van der Waals surface area contributed by atoms with Gasteiger partial charge in [-0.3, -0.25) is 9.10 Å². The molecule has 1 amide bonds. The molecule has 146 valence electrons. The third-order valence-electron chi connectivity index (χ3n) is 4.13. The van der Waals surface area contributed by atoms with Gasteiger partial charge in [-0.25, -0.2) is 17.2 Å². The van der Waals surface area contributed by atoms with Gasteiger partial charge in [-0.2, -0.15) is 0 Å². The van der Waals surface area contributed by atoms with Gasteiger partial charge >= 0.3 is 0 Å². The zero-order chi connectivity index (χ0) is 20.2. The second-order valence-corrected chi connectivity index (χ2v) is 8.16. The highest BCUT2D eigenvalue weighted by Crippen LogP contribution is 2.22. The van der Waals surface area contributed by atoms with Crippen LogP contribution < -0.4 is 9.62 Å². The maximum atomic E-state index is 14.0. The molecule has 2 aromatic rings. The summed E-state index contributed by atoms with van der Waals surface area (Å²) in [5.41, 5.74) is 1.64. The lowest BCUT2D eigenvalue weighted by Crippen LogP contribution is -2.41. The Morgan fingerprint density at radius 2 is 1.78 bits per heavy atom. The monoisotopic (exact) mass is 396 g/mol. The third kappa shape index (κ3) is 5.50. The molecule has 0 radical (unpaired) electrons. The van der Waals surface area contributed by atoms with Crippen molar-refractivity contribution in [1.29, 1.82) is 0 Å². The Balaban J connectivity index is 2.16. The molecule has 0 aromatic heterocycles. The SMILES string of the molecule is CCc1ccc(C(C)NC(=O)CN(c2ccc(F)cc2F)S(C)(=O)=O)cc1. The summed E-state index contributed by atoms with van der Waals surface area (Å²) in [5.74, 6) is -2.49. The number of carbonyl (C=O) groups is 1. The van der Waals surface area contributed by atoms with Crippen LogP contribution in [-0.4, -0.2) is 27.1 Å². The number of nitrogens with one attached hydrogen (secondary N) is 1. The Morgan fingerprint density at radius 1 is 1.15 bits per heavy atom. The molecule has 0 saturated heterocycles. The van der Waals surface area contributed by atoms with E-state index in [2.05, 4.69) is 5.32 Å². The summed E-state index contributed by atoms with van der Waals surface area (Å²) in [5, 5.41) is 2.70. The lowest BCUT2D eigenvalue weighted by Gasteiger charge is -2.23. The molecule has 1 unspecified atom stereocenters. The Kier molecular flexibility index (Phi) is 6.54. The number of carbonyl (C=O) groups excluding carboxylic acids is 1. The molecule has 2 rings (SSSR count). The Morgan fingerprint density at radius 3 is 2.30 bits per heavy atom. The van der Waals surface area contributed by atoms with Gasteiger partial charge in [-0.1, -0.05) is 31.2 Å². The van der Waals surface area contributed by atoms with E-state index in [0.717, 1.165) is 35.9 Å². The van der Waals surface area contributed by atoms with Crippen LogP contribution in [0.4, 0.5) is 14.5 Å². The molecule has 0 saturated carbocycles. The lowest BCUT2D eigenvalue weighted by molar-refractivity contribution is -0.120. The van der Waals surface area contributed by atoms with Crippen LogP contribution in [0.5, 0.6) is 0 Å². The number of halogens is 2. The van der Waals surface area contributed by atoms with Gasteiger partial charge in [0.05, 0.1) is 18.0 Å². The zero-order valence-electron chi connectivity index (χ0n) is 15.4. The first kappa shape index (κ1) is 20.8. The number of amides is 1. The summed E-state index contributed by atoms with van der Waals surface area (Å²) in [6.45, 7) is 3.19. The Labute approximate surface area is 158 Å². The van der Waals surface area contributed by atoms with Crippen molar-refractivity contribution in [2.45, 2.75) is 26.3 Å². The Bertz CT molecular complexity index is 915. The summed E-state index contributed by atoms with van der Waals surface area (Å²) >= 11 is 0. The van der Waals surface area contributed by atoms with E-state index in [1.165, 1.54) is 0 Å². The van der Waals surface area contributed by atoms with Crippen LogP contribution in [0, 0.1) is 11.6 Å². The summed E-state index contributed by atoms with van der Waals surface area (Å²) in [6.07, 6.45) is 1.75. The van der Waals surface area contributed by atoms with Gasteiger partial charge in [0.15, 0.2) is 0 Å². The van der Waals surface area contributed by atoms with Crippen LogP contribution >= 0.6 is 0 Å². The van der Waals surface area contributed by atoms with Crippen molar-refractivity contribution in [2.75, 3.05) is 17.1 Å². The molecule has 8 heteroatoms. The molecule has 0 fully saturated rings. The van der Waals surface area contributed by atoms with E-state index in [9.17, 15) is 22.0 Å². The van der Waals surface area contributed by atoms with Crippen LogP contribution in [-0.2, 0) is 21.2 Å². The fraction of sp³-hybridized carbons (Fsp3) is 0.316. The predicted molar refractivity (Wildman–Crippen MR) is 101 cm³/mol. The highest BCUT2D eigenvalue weighted by atomic mass is 32.2. The van der Waals surface area contributed by atoms with Crippen LogP contribution in [0.15, 0.2) is 42.5 Å². The smallest absolute Gasteiger partial charge is 0.241 e. The van der Waals surface area contributed by atoms with Crippen molar-refractivity contribution in [3.63, 3.8) is 0 Å². The number of nitrogens with zero attached hydrogens (tertiary/aromatic N) is 1. The van der Waals surface area contributed by atoms with E-state index in [4.69, 9.17) is 0 Å². The van der Waals surface area contributed by atoms with Crippen molar-refractivity contribution in [2.24, 2.45) is 0 Å². The predicted octanol–water partition coefficient (Wildman–Crippen LogP) is 3.17. The molecule has 0 bridgehead atoms. The number of benzene rings is 2. The first-order chi connectivity index (χ1) is 12.6. The Hall–Kier alpha value is -2.48. The number of aryl methyl sites for hydroxylation is 1. The molecule has 1 N–H and O–H groups in total. The standard InChI is InChI=1S/C19H22F2N2O3S/c1-4-14-5-7-15(8-6-14)13(2)22-19(24)12-23(27(3,25)26)18-10-9-16(20)11-17(18)21/h5-11,13H,4,12H2,1-3H3,(H,22,24). The zero-order valence-corrected chi connectivity index (χ0v) is 16.2. The molecule has 0 spiro atoms. The summed E-state index contributed by atoms with van der Waals surface area (Å²) in [7, 11) is -3.95. The van der Waals surface area contributed by atoms with Gasteiger partial charge in [-0.05, 0) is 36.6 Å². The van der Waals surface area contributed by atoms with Gasteiger partial charge in [0.25, 0.3) is 0 Å². The van der Waals surface area contributed by atoms with Crippen molar-refractivity contribution in [3.8, 4) is 0 Å². The van der Waals surface area contributed by atoms with E-state index in [1.807, 2.05) is 31.2 Å². The van der Waals surface area contributed by atoms with E-state index in [1.54, 1.807) is 6.92 Å². The minimum absolute atomic E-state index is 0.358. The molecule has 1 atom stereocenters. The number of anilines is 1. The van der Waals surface area contributed by atoms with Crippen LogP contribution in [0.1, 0.15) is 31.0 Å². The van der Waals surface area contributed by atoms with Crippen molar-refractivity contribution in [3.05, 3.63) is 65.2 Å². The average molecular weight is 396 g/mol. The second kappa shape index (κ2) is 8.47. The highest BCUT2D eigenvalue weighted by molar-refractivity contribution is 7.92. The molecule has 0 aliphatic heterocycles. The quantitative estimate of drug-likeness (QED) is 0.782. The second-order valence-electron chi connectivity index (χ2n) is 6.25. The fourth-order valence-electron chi connectivity index (χ4n) is 2.61. The van der Waals surface area contributed by atoms with Crippen molar-refractivity contribution < 1.29 is 22.0 Å². The van der Waals surface area contributed by atoms with Crippen LogP contribution in [0.25, 0.3) is 0 Å². The van der Waals surface area contributed by atoms with Crippen molar-refractivity contribution >= 4 is 21.6 Å². The number of rotatable bonds is 7. The first-order valence-corrected chi connectivity index (χ1v) is 10.3. The molecule has 0 aliphatic rings. The molecular weight excluding hydrogens is 374 g/mol. The van der Waals surface area contributed by atoms with Crippen LogP contribution in [0.2, 0.25) is 0 Å². The summed E-state index contributed by atoms with van der Waals surface area (Å²) < 4.78 is 51.7. The molecular formula is C19H22F2N2O3S. The van der Waals surface area contributed by atoms with Gasteiger partial charge in [0, 0.05) is 6.07 Å². The maximum Gasteiger partial charge on any atom is 0.241 e. The van der Waals surface area contributed by atoms with Gasteiger partial charge in [0.1, 0.15) is 18.2 Å².